The molecular weight excluding hydrogens is 392 g/mol. The van der Waals surface area contributed by atoms with E-state index in [4.69, 9.17) is 10.5 Å². The lowest BCUT2D eigenvalue weighted by molar-refractivity contribution is 0.0529. The van der Waals surface area contributed by atoms with Crippen LogP contribution in [-0.4, -0.2) is 40.3 Å². The predicted octanol–water partition coefficient (Wildman–Crippen LogP) is 4.08. The summed E-state index contributed by atoms with van der Waals surface area (Å²) in [6, 6.07) is 6.20. The van der Waals surface area contributed by atoms with E-state index in [0.29, 0.717) is 12.3 Å². The highest BCUT2D eigenvalue weighted by Gasteiger charge is 2.22. The lowest BCUT2D eigenvalue weighted by Crippen LogP contribution is -2.19. The summed E-state index contributed by atoms with van der Waals surface area (Å²) in [5, 5.41) is 4.10. The first-order chi connectivity index (χ1) is 14.5. The number of rotatable bonds is 3. The first-order valence-corrected chi connectivity index (χ1v) is 9.97. The summed E-state index contributed by atoms with van der Waals surface area (Å²) in [6.45, 7) is 8.02. The van der Waals surface area contributed by atoms with Gasteiger partial charge >= 0.3 is 5.97 Å². The second kappa shape index (κ2) is 11.1. The van der Waals surface area contributed by atoms with Crippen molar-refractivity contribution < 1.29 is 18.3 Å². The van der Waals surface area contributed by atoms with E-state index in [1.807, 2.05) is 19.9 Å². The van der Waals surface area contributed by atoms with Crippen LogP contribution < -0.4 is 10.6 Å². The number of halogens is 2. The number of hydrogen-bond acceptors (Lipinski definition) is 6. The Bertz CT molecular complexity index is 933. The Labute approximate surface area is 174 Å². The van der Waals surface area contributed by atoms with Crippen molar-refractivity contribution in [1.82, 2.24) is 14.6 Å². The van der Waals surface area contributed by atoms with Gasteiger partial charge in [-0.2, -0.15) is 0 Å². The molecule has 2 N–H and O–H groups in total. The minimum absolute atomic E-state index is 0.148. The van der Waals surface area contributed by atoms with Crippen molar-refractivity contribution in [3.05, 3.63) is 53.7 Å². The Kier molecular flexibility index (Phi) is 8.52. The van der Waals surface area contributed by atoms with Crippen molar-refractivity contribution in [3.8, 4) is 0 Å². The summed E-state index contributed by atoms with van der Waals surface area (Å²) in [5.41, 5.74) is 6.49. The third-order valence-electron chi connectivity index (χ3n) is 4.21. The molecule has 1 saturated heterocycles. The van der Waals surface area contributed by atoms with E-state index >= 15 is 0 Å². The Hall–Kier alpha value is -3.23. The molecule has 1 aliphatic rings. The maximum absolute atomic E-state index is 12.0. The van der Waals surface area contributed by atoms with Gasteiger partial charge in [0.05, 0.1) is 6.61 Å². The summed E-state index contributed by atoms with van der Waals surface area (Å²) in [7, 11) is 0. The summed E-state index contributed by atoms with van der Waals surface area (Å²) in [6.07, 6.45) is 4.10. The Morgan fingerprint density at radius 3 is 2.20 bits per heavy atom. The minimum Gasteiger partial charge on any atom is -0.462 e. The molecule has 3 heterocycles. The zero-order chi connectivity index (χ0) is 22.1. The monoisotopic (exact) mass is 419 g/mol. The summed E-state index contributed by atoms with van der Waals surface area (Å²) < 4.78 is 30.4. The number of anilines is 2. The standard InChI is InChI=1S/C13H17N5O2.C6H4F2.C2H6/c1-2-20-13(19)10-11(14)16-18-8-5-9(15-12(10)18)17-6-3-4-7-17;7-5-1-2-6(8)4-3-5;1-2/h5,8H,2-4,6-7H2,1H3,(H2,14,16);1-4H;1-2H3. The first-order valence-electron chi connectivity index (χ1n) is 9.97. The maximum Gasteiger partial charge on any atom is 0.345 e. The fourth-order valence-corrected chi connectivity index (χ4v) is 2.89. The second-order valence-corrected chi connectivity index (χ2v) is 6.17. The van der Waals surface area contributed by atoms with Crippen LogP contribution in [0, 0.1) is 11.6 Å². The van der Waals surface area contributed by atoms with E-state index in [-0.39, 0.29) is 11.4 Å². The molecule has 1 fully saturated rings. The normalized spacial score (nSPS) is 12.6. The Morgan fingerprint density at radius 1 is 1.10 bits per heavy atom. The van der Waals surface area contributed by atoms with E-state index < -0.39 is 17.6 Å². The molecule has 7 nitrogen and oxygen atoms in total. The molecule has 0 radical (unpaired) electrons. The summed E-state index contributed by atoms with van der Waals surface area (Å²) in [5.74, 6) is -0.307. The Morgan fingerprint density at radius 2 is 1.67 bits per heavy atom. The van der Waals surface area contributed by atoms with Crippen LogP contribution in [0.2, 0.25) is 0 Å². The fourth-order valence-electron chi connectivity index (χ4n) is 2.89. The van der Waals surface area contributed by atoms with Gasteiger partial charge < -0.3 is 15.4 Å². The van der Waals surface area contributed by atoms with Crippen LogP contribution >= 0.6 is 0 Å². The molecule has 2 aromatic heterocycles. The number of benzene rings is 1. The quantitative estimate of drug-likeness (QED) is 0.644. The first kappa shape index (κ1) is 23.1. The number of carbonyl (C=O) groups is 1. The van der Waals surface area contributed by atoms with Crippen LogP contribution in [0.3, 0.4) is 0 Å². The van der Waals surface area contributed by atoms with Crippen LogP contribution in [0.5, 0.6) is 0 Å². The van der Waals surface area contributed by atoms with Crippen molar-refractivity contribution in [2.24, 2.45) is 0 Å². The highest BCUT2D eigenvalue weighted by atomic mass is 19.1. The zero-order valence-corrected chi connectivity index (χ0v) is 17.4. The smallest absolute Gasteiger partial charge is 0.345 e. The van der Waals surface area contributed by atoms with Crippen LogP contribution in [0.15, 0.2) is 36.5 Å². The average molecular weight is 419 g/mol. The molecule has 162 valence electrons. The maximum atomic E-state index is 12.0. The number of ether oxygens (including phenoxy) is 1. The van der Waals surface area contributed by atoms with Gasteiger partial charge in [0, 0.05) is 19.3 Å². The third kappa shape index (κ3) is 5.65. The van der Waals surface area contributed by atoms with E-state index in [1.54, 1.807) is 13.1 Å². The molecule has 3 aromatic rings. The van der Waals surface area contributed by atoms with E-state index in [0.717, 1.165) is 43.2 Å². The molecule has 0 spiro atoms. The highest BCUT2D eigenvalue weighted by Crippen LogP contribution is 2.22. The average Bonchev–Trinajstić information content (AvgIpc) is 3.39. The molecule has 0 aliphatic carbocycles. The molecule has 0 unspecified atom stereocenters. The van der Waals surface area contributed by atoms with Gasteiger partial charge in [0.15, 0.2) is 11.5 Å². The van der Waals surface area contributed by atoms with Crippen molar-refractivity contribution in [2.75, 3.05) is 30.3 Å². The minimum atomic E-state index is -0.480. The van der Waals surface area contributed by atoms with Crippen LogP contribution in [-0.2, 0) is 4.74 Å². The van der Waals surface area contributed by atoms with Crippen molar-refractivity contribution in [2.45, 2.75) is 33.6 Å². The fraction of sp³-hybridized carbons (Fsp3) is 0.381. The van der Waals surface area contributed by atoms with Gasteiger partial charge in [0.1, 0.15) is 23.0 Å². The number of nitrogen functional groups attached to an aromatic ring is 1. The lowest BCUT2D eigenvalue weighted by Gasteiger charge is -2.15. The number of fused-ring (bicyclic) bond motifs is 1. The molecule has 1 aliphatic heterocycles. The van der Waals surface area contributed by atoms with Gasteiger partial charge in [-0.1, -0.05) is 13.8 Å². The zero-order valence-electron chi connectivity index (χ0n) is 17.4. The molecule has 0 amide bonds. The summed E-state index contributed by atoms with van der Waals surface area (Å²) >= 11 is 0. The lowest BCUT2D eigenvalue weighted by atomic mass is 10.3. The van der Waals surface area contributed by atoms with Gasteiger partial charge in [0.2, 0.25) is 0 Å². The molecule has 0 atom stereocenters. The number of carbonyl (C=O) groups excluding carboxylic acids is 1. The molecule has 4 rings (SSSR count). The Balaban J connectivity index is 0.000000269. The molecule has 30 heavy (non-hydrogen) atoms. The van der Waals surface area contributed by atoms with Gasteiger partial charge in [-0.05, 0) is 50.1 Å². The van der Waals surface area contributed by atoms with Crippen molar-refractivity contribution >= 4 is 23.3 Å². The topological polar surface area (TPSA) is 85.8 Å². The van der Waals surface area contributed by atoms with Crippen molar-refractivity contribution in [3.63, 3.8) is 0 Å². The SMILES string of the molecule is CC.CCOC(=O)c1c(N)nn2ccc(N3CCCC3)nc12.Fc1ccc(F)cc1. The number of hydrogen-bond donors (Lipinski definition) is 1. The third-order valence-corrected chi connectivity index (χ3v) is 4.21. The molecular formula is C21H27F2N5O2. The van der Waals surface area contributed by atoms with Crippen molar-refractivity contribution in [1.29, 1.82) is 0 Å². The van der Waals surface area contributed by atoms with Crippen LogP contribution in [0.4, 0.5) is 20.4 Å². The van der Waals surface area contributed by atoms with Gasteiger partial charge in [-0.15, -0.1) is 5.10 Å². The van der Waals surface area contributed by atoms with Gasteiger partial charge in [0.25, 0.3) is 0 Å². The second-order valence-electron chi connectivity index (χ2n) is 6.17. The number of aromatic nitrogens is 3. The highest BCUT2D eigenvalue weighted by molar-refractivity contribution is 6.00. The molecule has 0 saturated carbocycles. The molecule has 1 aromatic carbocycles. The largest absolute Gasteiger partial charge is 0.462 e. The van der Waals surface area contributed by atoms with E-state index in [1.165, 1.54) is 17.4 Å². The number of esters is 1. The van der Waals surface area contributed by atoms with E-state index in [9.17, 15) is 13.6 Å². The molecule has 0 bridgehead atoms. The predicted molar refractivity (Wildman–Crippen MR) is 113 cm³/mol. The summed E-state index contributed by atoms with van der Waals surface area (Å²) in [4.78, 5) is 18.7. The molecule has 9 heteroatoms. The van der Waals surface area contributed by atoms with E-state index in [2.05, 4.69) is 15.0 Å². The van der Waals surface area contributed by atoms with Gasteiger partial charge in [-0.25, -0.2) is 23.1 Å². The number of nitrogens with two attached hydrogens (primary N) is 1. The van der Waals surface area contributed by atoms with Crippen LogP contribution in [0.25, 0.3) is 5.65 Å². The van der Waals surface area contributed by atoms with Crippen LogP contribution in [0.1, 0.15) is 44.0 Å². The van der Waals surface area contributed by atoms with Gasteiger partial charge in [-0.3, -0.25) is 0 Å². The number of nitrogens with zero attached hydrogens (tertiary/aromatic N) is 4.